The molecule has 2 heterocycles. The molecule has 7 nitrogen and oxygen atoms in total. The summed E-state index contributed by atoms with van der Waals surface area (Å²) in [7, 11) is 0. The molecule has 0 aliphatic carbocycles. The molecule has 0 spiro atoms. The maximum Gasteiger partial charge on any atom is 0.436 e. The molecule has 10 heteroatoms. The minimum absolute atomic E-state index is 0.00491. The SMILES string of the molecule is CCOC(=O)c1cn(Cc2nnc(C(C)C)o2)nc1C(F)(F)F. The van der Waals surface area contributed by atoms with E-state index in [9.17, 15) is 18.0 Å². The standard InChI is InChI=1S/C13H15F3N4O3/c1-4-22-12(21)8-5-20(19-10(8)13(14,15)16)6-9-17-18-11(23-9)7(2)3/h5,7H,4,6H2,1-3H3. The Morgan fingerprint density at radius 1 is 1.39 bits per heavy atom. The maximum atomic E-state index is 13.0. The quantitative estimate of drug-likeness (QED) is 0.783. The highest BCUT2D eigenvalue weighted by Gasteiger charge is 2.39. The zero-order chi connectivity index (χ0) is 17.2. The summed E-state index contributed by atoms with van der Waals surface area (Å²) in [6, 6.07) is 0. The van der Waals surface area contributed by atoms with Crippen LogP contribution in [-0.4, -0.2) is 32.6 Å². The minimum atomic E-state index is -4.77. The fourth-order valence-electron chi connectivity index (χ4n) is 1.77. The molecule has 2 aromatic heterocycles. The van der Waals surface area contributed by atoms with Crippen molar-refractivity contribution in [1.29, 1.82) is 0 Å². The smallest absolute Gasteiger partial charge is 0.436 e. The molecule has 0 aliphatic heterocycles. The molecular weight excluding hydrogens is 317 g/mol. The minimum Gasteiger partial charge on any atom is -0.462 e. The molecule has 2 rings (SSSR count). The van der Waals surface area contributed by atoms with Crippen LogP contribution in [0.25, 0.3) is 0 Å². The number of hydrogen-bond donors (Lipinski definition) is 0. The zero-order valence-corrected chi connectivity index (χ0v) is 12.7. The number of ether oxygens (including phenoxy) is 1. The van der Waals surface area contributed by atoms with Crippen LogP contribution in [0.4, 0.5) is 13.2 Å². The van der Waals surface area contributed by atoms with Crippen LogP contribution in [0.5, 0.6) is 0 Å². The van der Waals surface area contributed by atoms with Crippen molar-refractivity contribution in [2.75, 3.05) is 6.61 Å². The Morgan fingerprint density at radius 3 is 2.61 bits per heavy atom. The number of alkyl halides is 3. The van der Waals surface area contributed by atoms with Crippen molar-refractivity contribution in [1.82, 2.24) is 20.0 Å². The molecule has 23 heavy (non-hydrogen) atoms. The van der Waals surface area contributed by atoms with Crippen molar-refractivity contribution in [3.63, 3.8) is 0 Å². The molecule has 0 N–H and O–H groups in total. The summed E-state index contributed by atoms with van der Waals surface area (Å²) in [5.41, 5.74) is -1.96. The lowest BCUT2D eigenvalue weighted by Gasteiger charge is -2.05. The van der Waals surface area contributed by atoms with E-state index in [4.69, 9.17) is 4.42 Å². The van der Waals surface area contributed by atoms with Gasteiger partial charge in [0.05, 0.1) is 6.61 Å². The number of esters is 1. The van der Waals surface area contributed by atoms with E-state index >= 15 is 0 Å². The van der Waals surface area contributed by atoms with Crippen molar-refractivity contribution in [2.45, 2.75) is 39.4 Å². The van der Waals surface area contributed by atoms with Crippen LogP contribution in [0.15, 0.2) is 10.6 Å². The van der Waals surface area contributed by atoms with Gasteiger partial charge in [-0.05, 0) is 6.92 Å². The molecule has 0 atom stereocenters. The summed E-state index contributed by atoms with van der Waals surface area (Å²) in [5.74, 6) is -0.622. The number of rotatable bonds is 5. The van der Waals surface area contributed by atoms with Crippen molar-refractivity contribution >= 4 is 5.97 Å². The van der Waals surface area contributed by atoms with Crippen LogP contribution in [-0.2, 0) is 17.5 Å². The predicted molar refractivity (Wildman–Crippen MR) is 70.7 cm³/mol. The number of nitrogens with zero attached hydrogens (tertiary/aromatic N) is 4. The summed E-state index contributed by atoms with van der Waals surface area (Å²) >= 11 is 0. The third-order valence-corrected chi connectivity index (χ3v) is 2.80. The van der Waals surface area contributed by atoms with Crippen molar-refractivity contribution in [3.8, 4) is 0 Å². The predicted octanol–water partition coefficient (Wildman–Crippen LogP) is 2.63. The lowest BCUT2D eigenvalue weighted by molar-refractivity contribution is -0.142. The second-order valence-electron chi connectivity index (χ2n) is 5.00. The van der Waals surface area contributed by atoms with E-state index in [1.807, 2.05) is 13.8 Å². The number of carbonyl (C=O) groups excluding carboxylic acids is 1. The first-order chi connectivity index (χ1) is 10.7. The van der Waals surface area contributed by atoms with Crippen LogP contribution < -0.4 is 0 Å². The van der Waals surface area contributed by atoms with E-state index in [0.717, 1.165) is 10.9 Å². The van der Waals surface area contributed by atoms with Gasteiger partial charge in [0.2, 0.25) is 11.8 Å². The molecule has 2 aromatic rings. The number of halogens is 3. The lowest BCUT2D eigenvalue weighted by Crippen LogP contribution is -2.14. The van der Waals surface area contributed by atoms with E-state index < -0.39 is 23.4 Å². The van der Waals surface area contributed by atoms with Gasteiger partial charge in [0.15, 0.2) is 5.69 Å². The van der Waals surface area contributed by atoms with Gasteiger partial charge in [-0.1, -0.05) is 13.8 Å². The fourth-order valence-corrected chi connectivity index (χ4v) is 1.77. The normalized spacial score (nSPS) is 12.0. The monoisotopic (exact) mass is 332 g/mol. The molecule has 0 aliphatic rings. The van der Waals surface area contributed by atoms with Gasteiger partial charge in [-0.2, -0.15) is 18.3 Å². The van der Waals surface area contributed by atoms with Gasteiger partial charge in [-0.3, -0.25) is 4.68 Å². The molecule has 0 bridgehead atoms. The summed E-state index contributed by atoms with van der Waals surface area (Å²) < 4.78 is 49.8. The van der Waals surface area contributed by atoms with Crippen LogP contribution in [0.2, 0.25) is 0 Å². The van der Waals surface area contributed by atoms with Crippen LogP contribution in [0.3, 0.4) is 0 Å². The second kappa shape index (κ2) is 6.39. The van der Waals surface area contributed by atoms with E-state index in [-0.39, 0.29) is 25.0 Å². The van der Waals surface area contributed by atoms with Crippen LogP contribution >= 0.6 is 0 Å². The van der Waals surface area contributed by atoms with E-state index in [1.54, 1.807) is 0 Å². The van der Waals surface area contributed by atoms with Gasteiger partial charge in [0.1, 0.15) is 12.1 Å². The van der Waals surface area contributed by atoms with E-state index in [1.165, 1.54) is 6.92 Å². The summed E-state index contributed by atoms with van der Waals surface area (Å²) in [4.78, 5) is 11.6. The number of hydrogen-bond acceptors (Lipinski definition) is 6. The first kappa shape index (κ1) is 17.0. The number of carbonyl (C=O) groups is 1. The Bertz CT molecular complexity index is 691. The average Bonchev–Trinajstić information content (AvgIpc) is 3.05. The number of aromatic nitrogens is 4. The Kier molecular flexibility index (Phi) is 4.71. The summed E-state index contributed by atoms with van der Waals surface area (Å²) in [6.45, 7) is 4.96. The van der Waals surface area contributed by atoms with E-state index in [0.29, 0.717) is 5.89 Å². The van der Waals surface area contributed by atoms with Gasteiger partial charge in [0, 0.05) is 12.1 Å². The molecule has 0 radical (unpaired) electrons. The molecule has 0 amide bonds. The topological polar surface area (TPSA) is 83.0 Å². The first-order valence-corrected chi connectivity index (χ1v) is 6.86. The first-order valence-electron chi connectivity index (χ1n) is 6.86. The van der Waals surface area contributed by atoms with Gasteiger partial charge >= 0.3 is 12.1 Å². The van der Waals surface area contributed by atoms with Gasteiger partial charge in [-0.15, -0.1) is 10.2 Å². The summed E-state index contributed by atoms with van der Waals surface area (Å²) in [6.07, 6.45) is -3.81. The van der Waals surface area contributed by atoms with Crippen molar-refractivity contribution in [3.05, 3.63) is 29.2 Å². The fraction of sp³-hybridized carbons (Fsp3) is 0.538. The molecular formula is C13H15F3N4O3. The zero-order valence-electron chi connectivity index (χ0n) is 12.7. The third kappa shape index (κ3) is 3.88. The van der Waals surface area contributed by atoms with Crippen LogP contribution in [0.1, 0.15) is 54.5 Å². The Labute approximate surface area is 129 Å². The molecule has 126 valence electrons. The van der Waals surface area contributed by atoms with Gasteiger partial charge in [0.25, 0.3) is 0 Å². The van der Waals surface area contributed by atoms with Crippen molar-refractivity contribution in [2.24, 2.45) is 0 Å². The molecule has 0 aromatic carbocycles. The maximum absolute atomic E-state index is 13.0. The van der Waals surface area contributed by atoms with Gasteiger partial charge < -0.3 is 9.15 Å². The Hall–Kier alpha value is -2.39. The average molecular weight is 332 g/mol. The van der Waals surface area contributed by atoms with Gasteiger partial charge in [-0.25, -0.2) is 4.79 Å². The highest BCUT2D eigenvalue weighted by atomic mass is 19.4. The lowest BCUT2D eigenvalue weighted by atomic mass is 10.2. The second-order valence-corrected chi connectivity index (χ2v) is 5.00. The highest BCUT2D eigenvalue weighted by molar-refractivity contribution is 5.90. The van der Waals surface area contributed by atoms with E-state index in [2.05, 4.69) is 20.0 Å². The Morgan fingerprint density at radius 2 is 2.09 bits per heavy atom. The molecule has 0 saturated heterocycles. The Balaban J connectivity index is 2.30. The molecule has 0 fully saturated rings. The summed E-state index contributed by atoms with van der Waals surface area (Å²) in [5, 5.41) is 10.9. The third-order valence-electron chi connectivity index (χ3n) is 2.80. The van der Waals surface area contributed by atoms with Crippen molar-refractivity contribution < 1.29 is 27.1 Å². The highest BCUT2D eigenvalue weighted by Crippen LogP contribution is 2.31. The largest absolute Gasteiger partial charge is 0.462 e. The molecule has 0 saturated carbocycles. The van der Waals surface area contributed by atoms with Crippen LogP contribution in [0, 0.1) is 0 Å². The molecule has 0 unspecified atom stereocenters.